The Kier molecular flexibility index (Phi) is 6.17. The van der Waals surface area contributed by atoms with Crippen molar-refractivity contribution >= 4 is 5.91 Å². The van der Waals surface area contributed by atoms with Gasteiger partial charge >= 0.3 is 0 Å². The second-order valence-electron chi connectivity index (χ2n) is 5.75. The minimum absolute atomic E-state index is 0.139. The van der Waals surface area contributed by atoms with Crippen LogP contribution in [0.4, 0.5) is 0 Å². The first-order valence-corrected chi connectivity index (χ1v) is 7.52. The zero-order valence-electron chi connectivity index (χ0n) is 12.6. The lowest BCUT2D eigenvalue weighted by molar-refractivity contribution is -0.123. The van der Waals surface area contributed by atoms with Crippen LogP contribution in [0.3, 0.4) is 0 Å². The second kappa shape index (κ2) is 8.12. The Morgan fingerprint density at radius 1 is 1.38 bits per heavy atom. The summed E-state index contributed by atoms with van der Waals surface area (Å²) in [4.78, 5) is 14.3. The molecule has 0 bridgehead atoms. The van der Waals surface area contributed by atoms with E-state index < -0.39 is 0 Å². The van der Waals surface area contributed by atoms with Gasteiger partial charge in [-0.25, -0.2) is 5.84 Å². The summed E-state index contributed by atoms with van der Waals surface area (Å²) in [5.74, 6) is 5.62. The van der Waals surface area contributed by atoms with Crippen LogP contribution >= 0.6 is 0 Å². The van der Waals surface area contributed by atoms with E-state index in [0.29, 0.717) is 12.5 Å². The molecule has 116 valence electrons. The maximum Gasteiger partial charge on any atom is 0.242 e. The molecule has 0 spiro atoms. The average Bonchev–Trinajstić information content (AvgIpc) is 2.53. The topological polar surface area (TPSA) is 67.6 Å². The van der Waals surface area contributed by atoms with Gasteiger partial charge in [0.1, 0.15) is 0 Å². The van der Waals surface area contributed by atoms with E-state index in [-0.39, 0.29) is 11.8 Å². The Labute approximate surface area is 126 Å². The van der Waals surface area contributed by atoms with Gasteiger partial charge < -0.3 is 9.64 Å². The highest BCUT2D eigenvalue weighted by Gasteiger charge is 2.23. The molecule has 0 saturated carbocycles. The fourth-order valence-electron chi connectivity index (χ4n) is 2.88. The van der Waals surface area contributed by atoms with Gasteiger partial charge in [-0.15, -0.1) is 0 Å². The zero-order valence-corrected chi connectivity index (χ0v) is 12.6. The number of nitrogens with two attached hydrogens (primary N) is 1. The SMILES string of the molecule is CN(CC1CCOCC1)CC(C(=O)NN)c1ccccc1. The molecule has 2 rings (SSSR count). The Balaban J connectivity index is 1.96. The van der Waals surface area contributed by atoms with Gasteiger partial charge in [-0.05, 0) is 31.4 Å². The zero-order chi connectivity index (χ0) is 15.1. The summed E-state index contributed by atoms with van der Waals surface area (Å²) in [7, 11) is 2.06. The van der Waals surface area contributed by atoms with Crippen LogP contribution in [0.1, 0.15) is 24.3 Å². The third-order valence-corrected chi connectivity index (χ3v) is 4.07. The molecule has 1 aliphatic rings. The molecule has 1 aromatic carbocycles. The Morgan fingerprint density at radius 3 is 2.67 bits per heavy atom. The van der Waals surface area contributed by atoms with Crippen LogP contribution in [0.15, 0.2) is 30.3 Å². The molecule has 3 N–H and O–H groups in total. The lowest BCUT2D eigenvalue weighted by Gasteiger charge is -2.29. The fourth-order valence-corrected chi connectivity index (χ4v) is 2.88. The van der Waals surface area contributed by atoms with Crippen LogP contribution in [0.25, 0.3) is 0 Å². The second-order valence-corrected chi connectivity index (χ2v) is 5.75. The smallest absolute Gasteiger partial charge is 0.242 e. The van der Waals surface area contributed by atoms with Crippen LogP contribution in [0, 0.1) is 5.92 Å². The van der Waals surface area contributed by atoms with Crippen molar-refractivity contribution in [3.8, 4) is 0 Å². The molecule has 5 heteroatoms. The number of carbonyl (C=O) groups is 1. The first-order valence-electron chi connectivity index (χ1n) is 7.52. The van der Waals surface area contributed by atoms with Crippen molar-refractivity contribution in [2.45, 2.75) is 18.8 Å². The maximum atomic E-state index is 12.1. The quantitative estimate of drug-likeness (QED) is 0.468. The first-order chi connectivity index (χ1) is 10.2. The number of carbonyl (C=O) groups excluding carboxylic acids is 1. The molecule has 1 heterocycles. The molecule has 0 aliphatic carbocycles. The van der Waals surface area contributed by atoms with Gasteiger partial charge in [0.05, 0.1) is 5.92 Å². The van der Waals surface area contributed by atoms with E-state index in [4.69, 9.17) is 10.6 Å². The summed E-state index contributed by atoms with van der Waals surface area (Å²) < 4.78 is 5.39. The summed E-state index contributed by atoms with van der Waals surface area (Å²) >= 11 is 0. The van der Waals surface area contributed by atoms with Crippen LogP contribution in [0.5, 0.6) is 0 Å². The van der Waals surface area contributed by atoms with E-state index in [1.54, 1.807) is 0 Å². The molecule has 1 aliphatic heterocycles. The number of hydrogen-bond acceptors (Lipinski definition) is 4. The number of amides is 1. The minimum Gasteiger partial charge on any atom is -0.381 e. The number of ether oxygens (including phenoxy) is 1. The Hall–Kier alpha value is -1.43. The van der Waals surface area contributed by atoms with Gasteiger partial charge in [0, 0.05) is 26.3 Å². The predicted molar refractivity (Wildman–Crippen MR) is 82.6 cm³/mol. The largest absolute Gasteiger partial charge is 0.381 e. The molecular weight excluding hydrogens is 266 g/mol. The van der Waals surface area contributed by atoms with Gasteiger partial charge in [0.2, 0.25) is 5.91 Å². The third-order valence-electron chi connectivity index (χ3n) is 4.07. The van der Waals surface area contributed by atoms with E-state index in [2.05, 4.69) is 17.4 Å². The van der Waals surface area contributed by atoms with E-state index >= 15 is 0 Å². The molecule has 5 nitrogen and oxygen atoms in total. The monoisotopic (exact) mass is 291 g/mol. The van der Waals surface area contributed by atoms with Crippen molar-refractivity contribution in [2.75, 3.05) is 33.4 Å². The summed E-state index contributed by atoms with van der Waals surface area (Å²) in [5, 5.41) is 0. The third kappa shape index (κ3) is 4.81. The Morgan fingerprint density at radius 2 is 2.05 bits per heavy atom. The van der Waals surface area contributed by atoms with Crippen LogP contribution in [-0.2, 0) is 9.53 Å². The van der Waals surface area contributed by atoms with Gasteiger partial charge in [-0.3, -0.25) is 10.2 Å². The number of hydrazine groups is 1. The maximum absolute atomic E-state index is 12.1. The van der Waals surface area contributed by atoms with Gasteiger partial charge in [-0.1, -0.05) is 30.3 Å². The molecule has 0 aromatic heterocycles. The van der Waals surface area contributed by atoms with Crippen molar-refractivity contribution in [1.82, 2.24) is 10.3 Å². The Bertz CT molecular complexity index is 432. The average molecular weight is 291 g/mol. The number of nitrogens with zero attached hydrogens (tertiary/aromatic N) is 1. The number of hydrogen-bond donors (Lipinski definition) is 2. The van der Waals surface area contributed by atoms with Crippen molar-refractivity contribution in [1.29, 1.82) is 0 Å². The number of benzene rings is 1. The van der Waals surface area contributed by atoms with Crippen molar-refractivity contribution in [3.05, 3.63) is 35.9 Å². The summed E-state index contributed by atoms with van der Waals surface area (Å²) in [6.45, 7) is 3.36. The van der Waals surface area contributed by atoms with Gasteiger partial charge in [0.15, 0.2) is 0 Å². The normalized spacial score (nSPS) is 17.7. The van der Waals surface area contributed by atoms with Gasteiger partial charge in [-0.2, -0.15) is 0 Å². The molecule has 1 fully saturated rings. The summed E-state index contributed by atoms with van der Waals surface area (Å²) in [5.41, 5.74) is 3.29. The lowest BCUT2D eigenvalue weighted by atomic mass is 9.96. The highest BCUT2D eigenvalue weighted by molar-refractivity contribution is 5.83. The highest BCUT2D eigenvalue weighted by Crippen LogP contribution is 2.20. The summed E-state index contributed by atoms with van der Waals surface area (Å²) in [6, 6.07) is 9.80. The molecule has 1 aromatic rings. The van der Waals surface area contributed by atoms with E-state index in [1.165, 1.54) is 0 Å². The van der Waals surface area contributed by atoms with E-state index in [1.807, 2.05) is 30.3 Å². The number of rotatable bonds is 6. The van der Waals surface area contributed by atoms with E-state index in [0.717, 1.165) is 38.2 Å². The fraction of sp³-hybridized carbons (Fsp3) is 0.562. The van der Waals surface area contributed by atoms with E-state index in [9.17, 15) is 4.79 Å². The number of nitrogens with one attached hydrogen (secondary N) is 1. The van der Waals surface area contributed by atoms with Crippen molar-refractivity contribution < 1.29 is 9.53 Å². The molecule has 0 radical (unpaired) electrons. The van der Waals surface area contributed by atoms with Gasteiger partial charge in [0.25, 0.3) is 0 Å². The molecule has 1 unspecified atom stereocenters. The molecular formula is C16H25N3O2. The molecule has 1 atom stereocenters. The standard InChI is InChI=1S/C16H25N3O2/c1-19(11-13-7-9-21-10-8-13)12-15(16(20)18-17)14-5-3-2-4-6-14/h2-6,13,15H,7-12,17H2,1H3,(H,18,20). The minimum atomic E-state index is -0.235. The first kappa shape index (κ1) is 15.9. The highest BCUT2D eigenvalue weighted by atomic mass is 16.5. The van der Waals surface area contributed by atoms with Crippen molar-refractivity contribution in [2.24, 2.45) is 11.8 Å². The number of likely N-dealkylation sites (N-methyl/N-ethyl adjacent to an activating group) is 1. The molecule has 1 amide bonds. The predicted octanol–water partition coefficient (Wildman–Crippen LogP) is 1.12. The van der Waals surface area contributed by atoms with Crippen LogP contribution in [0.2, 0.25) is 0 Å². The van der Waals surface area contributed by atoms with Crippen LogP contribution in [-0.4, -0.2) is 44.2 Å². The summed E-state index contributed by atoms with van der Waals surface area (Å²) in [6.07, 6.45) is 2.20. The molecule has 21 heavy (non-hydrogen) atoms. The lowest BCUT2D eigenvalue weighted by Crippen LogP contribution is -2.41. The van der Waals surface area contributed by atoms with Crippen molar-refractivity contribution in [3.63, 3.8) is 0 Å². The van der Waals surface area contributed by atoms with Crippen LogP contribution < -0.4 is 11.3 Å². The molecule has 1 saturated heterocycles.